The second-order valence-electron chi connectivity index (χ2n) is 3.14. The minimum atomic E-state index is 0.138. The number of ketones is 1. The largest absolute Gasteiger partial charge is 0.494 e. The van der Waals surface area contributed by atoms with Crippen molar-refractivity contribution in [1.82, 2.24) is 0 Å². The number of carbonyl (C=O) groups is 1. The fourth-order valence-electron chi connectivity index (χ4n) is 1.57. The van der Waals surface area contributed by atoms with Crippen LogP contribution in [0.1, 0.15) is 27.7 Å². The summed E-state index contributed by atoms with van der Waals surface area (Å²) < 4.78 is 5.41. The lowest BCUT2D eigenvalue weighted by molar-refractivity contribution is -0.114. The third kappa shape index (κ3) is 1.30. The fraction of sp³-hybridized carbons (Fsp3) is 0.667. The van der Waals surface area contributed by atoms with Crippen LogP contribution in [0.15, 0.2) is 11.3 Å². The molecule has 0 aromatic heterocycles. The molecule has 1 rings (SSSR count). The van der Waals surface area contributed by atoms with Gasteiger partial charge in [0.15, 0.2) is 5.78 Å². The zero-order valence-corrected chi connectivity index (χ0v) is 7.47. The first-order chi connectivity index (χ1) is 5.04. The molecule has 2 heteroatoms. The first-order valence-corrected chi connectivity index (χ1v) is 3.92. The summed E-state index contributed by atoms with van der Waals surface area (Å²) in [5, 5.41) is 0. The third-order valence-corrected chi connectivity index (χ3v) is 2.28. The Morgan fingerprint density at radius 2 is 2.00 bits per heavy atom. The van der Waals surface area contributed by atoms with Gasteiger partial charge in [0.2, 0.25) is 0 Å². The summed E-state index contributed by atoms with van der Waals surface area (Å²) in [6.07, 6.45) is 0.161. The summed E-state index contributed by atoms with van der Waals surface area (Å²) in [7, 11) is 0. The van der Waals surface area contributed by atoms with E-state index in [1.807, 2.05) is 20.8 Å². The number of hydrogen-bond acceptors (Lipinski definition) is 2. The van der Waals surface area contributed by atoms with Gasteiger partial charge in [0, 0.05) is 11.5 Å². The highest BCUT2D eigenvalue weighted by molar-refractivity contribution is 5.94. The zero-order valence-electron chi connectivity index (χ0n) is 7.47. The van der Waals surface area contributed by atoms with Crippen molar-refractivity contribution in [2.24, 2.45) is 5.92 Å². The topological polar surface area (TPSA) is 26.3 Å². The first-order valence-electron chi connectivity index (χ1n) is 3.92. The second-order valence-corrected chi connectivity index (χ2v) is 3.14. The molecule has 2 nitrogen and oxygen atoms in total. The zero-order chi connectivity index (χ0) is 8.59. The van der Waals surface area contributed by atoms with E-state index >= 15 is 0 Å². The molecule has 0 unspecified atom stereocenters. The molecule has 0 saturated carbocycles. The van der Waals surface area contributed by atoms with Gasteiger partial charge in [-0.1, -0.05) is 6.92 Å². The maximum atomic E-state index is 11.1. The first kappa shape index (κ1) is 8.31. The van der Waals surface area contributed by atoms with E-state index in [2.05, 4.69) is 0 Å². The number of Topliss-reactive ketones (excluding diaryl/α,β-unsaturated/α-hetero) is 1. The van der Waals surface area contributed by atoms with E-state index in [-0.39, 0.29) is 17.8 Å². The summed E-state index contributed by atoms with van der Waals surface area (Å²) in [5.41, 5.74) is 0.859. The van der Waals surface area contributed by atoms with Crippen molar-refractivity contribution in [3.05, 3.63) is 11.3 Å². The van der Waals surface area contributed by atoms with Gasteiger partial charge < -0.3 is 4.74 Å². The summed E-state index contributed by atoms with van der Waals surface area (Å²) in [5.74, 6) is 1.20. The Balaban J connectivity index is 2.91. The van der Waals surface area contributed by atoms with Crippen LogP contribution in [0.4, 0.5) is 0 Å². The van der Waals surface area contributed by atoms with Crippen LogP contribution in [-0.2, 0) is 9.53 Å². The van der Waals surface area contributed by atoms with Crippen LogP contribution < -0.4 is 0 Å². The molecule has 11 heavy (non-hydrogen) atoms. The van der Waals surface area contributed by atoms with Crippen LogP contribution >= 0.6 is 0 Å². The molecule has 1 heterocycles. The van der Waals surface area contributed by atoms with E-state index in [0.717, 1.165) is 11.3 Å². The molecule has 0 radical (unpaired) electrons. The average Bonchev–Trinajstić information content (AvgIpc) is 2.07. The Bertz CT molecular complexity index is 216. The maximum Gasteiger partial charge on any atom is 0.159 e. The van der Waals surface area contributed by atoms with Crippen molar-refractivity contribution >= 4 is 5.78 Å². The summed E-state index contributed by atoms with van der Waals surface area (Å²) in [4.78, 5) is 11.1. The minimum Gasteiger partial charge on any atom is -0.494 e. The molecule has 0 aliphatic carbocycles. The lowest BCUT2D eigenvalue weighted by Crippen LogP contribution is -2.13. The molecule has 0 bridgehead atoms. The van der Waals surface area contributed by atoms with Gasteiger partial charge >= 0.3 is 0 Å². The van der Waals surface area contributed by atoms with E-state index < -0.39 is 0 Å². The van der Waals surface area contributed by atoms with E-state index in [0.29, 0.717) is 0 Å². The van der Waals surface area contributed by atoms with Crippen molar-refractivity contribution in [1.29, 1.82) is 0 Å². The number of allylic oxidation sites excluding steroid dienone is 1. The van der Waals surface area contributed by atoms with Crippen molar-refractivity contribution in [2.45, 2.75) is 33.8 Å². The lowest BCUT2D eigenvalue weighted by atomic mass is 9.95. The smallest absolute Gasteiger partial charge is 0.159 e. The van der Waals surface area contributed by atoms with Crippen LogP contribution in [-0.4, -0.2) is 11.9 Å². The maximum absolute atomic E-state index is 11.1. The van der Waals surface area contributed by atoms with Gasteiger partial charge in [-0.05, 0) is 20.8 Å². The Labute approximate surface area is 67.2 Å². The highest BCUT2D eigenvalue weighted by atomic mass is 16.5. The normalized spacial score (nSPS) is 30.5. The van der Waals surface area contributed by atoms with Gasteiger partial charge in [-0.2, -0.15) is 0 Å². The predicted octanol–water partition coefficient (Wildman–Crippen LogP) is 1.90. The Hall–Kier alpha value is -0.790. The predicted molar refractivity (Wildman–Crippen MR) is 43.1 cm³/mol. The molecule has 62 valence electrons. The van der Waals surface area contributed by atoms with E-state index in [1.54, 1.807) is 6.92 Å². The van der Waals surface area contributed by atoms with Crippen molar-refractivity contribution in [3.63, 3.8) is 0 Å². The van der Waals surface area contributed by atoms with Gasteiger partial charge in [0.1, 0.15) is 11.9 Å². The number of hydrogen-bond donors (Lipinski definition) is 0. The van der Waals surface area contributed by atoms with Crippen LogP contribution in [0.2, 0.25) is 0 Å². The SMILES string of the molecule is CC(=O)C1=C(C)O[C@H](C)[C@@H]1C. The van der Waals surface area contributed by atoms with Gasteiger partial charge in [0.05, 0.1) is 0 Å². The molecule has 1 aliphatic rings. The molecule has 1 aliphatic heterocycles. The Morgan fingerprint density at radius 1 is 1.45 bits per heavy atom. The molecule has 2 atom stereocenters. The molecule has 0 saturated heterocycles. The van der Waals surface area contributed by atoms with Crippen LogP contribution in [0.5, 0.6) is 0 Å². The molecule has 0 N–H and O–H groups in total. The Morgan fingerprint density at radius 3 is 2.18 bits per heavy atom. The monoisotopic (exact) mass is 154 g/mol. The molecule has 0 aromatic carbocycles. The van der Waals surface area contributed by atoms with Crippen molar-refractivity contribution < 1.29 is 9.53 Å². The quantitative estimate of drug-likeness (QED) is 0.576. The molecular weight excluding hydrogens is 140 g/mol. The van der Waals surface area contributed by atoms with E-state index in [1.165, 1.54) is 0 Å². The van der Waals surface area contributed by atoms with E-state index in [9.17, 15) is 4.79 Å². The number of rotatable bonds is 1. The lowest BCUT2D eigenvalue weighted by Gasteiger charge is -2.09. The number of carbonyl (C=O) groups excluding carboxylic acids is 1. The molecule has 0 fully saturated rings. The van der Waals surface area contributed by atoms with Gasteiger partial charge in [0.25, 0.3) is 0 Å². The van der Waals surface area contributed by atoms with Gasteiger partial charge in [-0.15, -0.1) is 0 Å². The fourth-order valence-corrected chi connectivity index (χ4v) is 1.57. The minimum absolute atomic E-state index is 0.138. The van der Waals surface area contributed by atoms with Crippen molar-refractivity contribution in [3.8, 4) is 0 Å². The molecule has 0 aromatic rings. The standard InChI is InChI=1S/C9H14O2/c1-5-7(3)11-8(4)9(5)6(2)10/h5,7H,1-4H3/t5-,7+/m0/s1. The molecule has 0 amide bonds. The Kier molecular flexibility index (Phi) is 2.03. The summed E-state index contributed by atoms with van der Waals surface area (Å²) >= 11 is 0. The highest BCUT2D eigenvalue weighted by Crippen LogP contribution is 2.30. The summed E-state index contributed by atoms with van der Waals surface area (Å²) in [6.45, 7) is 7.47. The third-order valence-electron chi connectivity index (χ3n) is 2.28. The van der Waals surface area contributed by atoms with Crippen LogP contribution in [0, 0.1) is 5.92 Å². The van der Waals surface area contributed by atoms with Crippen LogP contribution in [0.25, 0.3) is 0 Å². The van der Waals surface area contributed by atoms with Gasteiger partial charge in [-0.3, -0.25) is 4.79 Å². The number of ether oxygens (including phenoxy) is 1. The average molecular weight is 154 g/mol. The molecule has 0 spiro atoms. The van der Waals surface area contributed by atoms with Crippen molar-refractivity contribution in [2.75, 3.05) is 0 Å². The second kappa shape index (κ2) is 2.68. The summed E-state index contributed by atoms with van der Waals surface area (Å²) in [6, 6.07) is 0. The molecular formula is C9H14O2. The van der Waals surface area contributed by atoms with E-state index in [4.69, 9.17) is 4.74 Å². The van der Waals surface area contributed by atoms with Crippen LogP contribution in [0.3, 0.4) is 0 Å². The highest BCUT2D eigenvalue weighted by Gasteiger charge is 2.30. The van der Waals surface area contributed by atoms with Gasteiger partial charge in [-0.25, -0.2) is 0 Å².